The van der Waals surface area contributed by atoms with Gasteiger partial charge in [-0.3, -0.25) is 4.90 Å². The Kier molecular flexibility index (Phi) is 3.27. The van der Waals surface area contributed by atoms with Crippen molar-refractivity contribution in [3.8, 4) is 0 Å². The van der Waals surface area contributed by atoms with E-state index < -0.39 is 0 Å². The van der Waals surface area contributed by atoms with Crippen LogP contribution in [0.25, 0.3) is 11.0 Å². The van der Waals surface area contributed by atoms with Crippen LogP contribution in [0.5, 0.6) is 0 Å². The van der Waals surface area contributed by atoms with E-state index >= 15 is 0 Å². The van der Waals surface area contributed by atoms with Gasteiger partial charge in [-0.2, -0.15) is 0 Å². The minimum Gasteiger partial charge on any atom is -0.388 e. The number of hydrogen-bond donors (Lipinski definition) is 1. The molecule has 0 saturated carbocycles. The summed E-state index contributed by atoms with van der Waals surface area (Å²) in [6, 6.07) is 7.99. The Bertz CT molecular complexity index is 532. The highest BCUT2D eigenvalue weighted by Gasteiger charge is 2.15. The number of para-hydroxylation sites is 2. The smallest absolute Gasteiger partial charge is 0.136 e. The minimum atomic E-state index is -0.0288. The van der Waals surface area contributed by atoms with Crippen molar-refractivity contribution >= 4 is 11.0 Å². The third kappa shape index (κ3) is 2.12. The van der Waals surface area contributed by atoms with E-state index in [1.807, 2.05) is 24.3 Å². The molecule has 0 unspecified atom stereocenters. The van der Waals surface area contributed by atoms with Gasteiger partial charge in [0, 0.05) is 13.1 Å². The van der Waals surface area contributed by atoms with Gasteiger partial charge in [0.1, 0.15) is 12.4 Å². The molecule has 0 radical (unpaired) electrons. The van der Waals surface area contributed by atoms with E-state index in [4.69, 9.17) is 4.74 Å². The zero-order valence-electron chi connectivity index (χ0n) is 10.2. The number of aromatic nitrogens is 2. The highest BCUT2D eigenvalue weighted by atomic mass is 16.5. The van der Waals surface area contributed by atoms with Gasteiger partial charge in [0.25, 0.3) is 0 Å². The number of aliphatic hydroxyl groups is 1. The number of ether oxygens (including phenoxy) is 1. The average Bonchev–Trinajstić information content (AvgIpc) is 2.78. The van der Waals surface area contributed by atoms with Crippen LogP contribution in [-0.4, -0.2) is 45.9 Å². The van der Waals surface area contributed by atoms with Crippen LogP contribution in [0.1, 0.15) is 5.82 Å². The van der Waals surface area contributed by atoms with Gasteiger partial charge < -0.3 is 14.4 Å². The maximum atomic E-state index is 9.42. The van der Waals surface area contributed by atoms with Crippen LogP contribution in [0, 0.1) is 0 Å². The molecule has 96 valence electrons. The van der Waals surface area contributed by atoms with Crippen LogP contribution < -0.4 is 0 Å². The molecular formula is C13H17N3O2. The quantitative estimate of drug-likeness (QED) is 0.872. The molecule has 1 aliphatic heterocycles. The second-order valence-corrected chi connectivity index (χ2v) is 4.47. The lowest BCUT2D eigenvalue weighted by Crippen LogP contribution is -2.37. The molecule has 0 amide bonds. The second kappa shape index (κ2) is 5.06. The maximum absolute atomic E-state index is 9.42. The molecule has 1 aromatic heterocycles. The molecule has 1 fully saturated rings. The van der Waals surface area contributed by atoms with Crippen LogP contribution >= 0.6 is 0 Å². The molecule has 1 saturated heterocycles. The molecule has 3 rings (SSSR count). The average molecular weight is 247 g/mol. The Morgan fingerprint density at radius 3 is 2.78 bits per heavy atom. The molecule has 5 nitrogen and oxygen atoms in total. The summed E-state index contributed by atoms with van der Waals surface area (Å²) in [5.41, 5.74) is 2.02. The molecule has 5 heteroatoms. The van der Waals surface area contributed by atoms with Gasteiger partial charge in [0.15, 0.2) is 0 Å². The zero-order valence-corrected chi connectivity index (χ0v) is 10.2. The van der Waals surface area contributed by atoms with Crippen molar-refractivity contribution in [2.45, 2.75) is 13.3 Å². The first kappa shape index (κ1) is 11.6. The van der Waals surface area contributed by atoms with Gasteiger partial charge in [-0.05, 0) is 12.1 Å². The van der Waals surface area contributed by atoms with E-state index in [1.165, 1.54) is 0 Å². The van der Waals surface area contributed by atoms with Crippen molar-refractivity contribution in [3.63, 3.8) is 0 Å². The predicted molar refractivity (Wildman–Crippen MR) is 68.0 cm³/mol. The molecule has 0 bridgehead atoms. The summed E-state index contributed by atoms with van der Waals surface area (Å²) in [5.74, 6) is 0.725. The van der Waals surface area contributed by atoms with Gasteiger partial charge in [-0.15, -0.1) is 0 Å². The number of nitrogens with zero attached hydrogens (tertiary/aromatic N) is 3. The third-order valence-electron chi connectivity index (χ3n) is 3.32. The monoisotopic (exact) mass is 247 g/mol. The summed E-state index contributed by atoms with van der Waals surface area (Å²) in [6.45, 7) is 4.15. The van der Waals surface area contributed by atoms with Crippen molar-refractivity contribution in [1.29, 1.82) is 0 Å². The number of fused-ring (bicyclic) bond motifs is 1. The van der Waals surface area contributed by atoms with Gasteiger partial charge >= 0.3 is 0 Å². The Labute approximate surface area is 106 Å². The van der Waals surface area contributed by atoms with Crippen molar-refractivity contribution in [1.82, 2.24) is 14.5 Å². The summed E-state index contributed by atoms with van der Waals surface area (Å²) in [6.07, 6.45) is 0. The lowest BCUT2D eigenvalue weighted by molar-refractivity contribution is 0.0231. The summed E-state index contributed by atoms with van der Waals surface area (Å²) in [7, 11) is 0. The summed E-state index contributed by atoms with van der Waals surface area (Å²) in [4.78, 5) is 6.77. The van der Waals surface area contributed by atoms with Crippen molar-refractivity contribution in [2.75, 3.05) is 26.3 Å². The van der Waals surface area contributed by atoms with Crippen LogP contribution in [0.15, 0.2) is 24.3 Å². The van der Waals surface area contributed by atoms with Crippen LogP contribution in [0.4, 0.5) is 0 Å². The third-order valence-corrected chi connectivity index (χ3v) is 3.32. The van der Waals surface area contributed by atoms with E-state index in [0.717, 1.165) is 49.8 Å². The molecule has 1 N–H and O–H groups in total. The fourth-order valence-corrected chi connectivity index (χ4v) is 2.35. The summed E-state index contributed by atoms with van der Waals surface area (Å²) in [5, 5.41) is 9.42. The Morgan fingerprint density at radius 1 is 1.22 bits per heavy atom. The Balaban J connectivity index is 1.93. The van der Waals surface area contributed by atoms with Gasteiger partial charge in [-0.25, -0.2) is 4.98 Å². The zero-order chi connectivity index (χ0) is 12.4. The van der Waals surface area contributed by atoms with E-state index in [0.29, 0.717) is 0 Å². The standard InChI is InChI=1S/C13H17N3O2/c17-9-13-14-11-3-1-2-4-12(11)16(13)10-15-5-7-18-8-6-15/h1-4,17H,5-10H2. The number of imidazole rings is 1. The molecule has 0 spiro atoms. The molecule has 2 aromatic rings. The molecular weight excluding hydrogens is 230 g/mol. The minimum absolute atomic E-state index is 0.0288. The lowest BCUT2D eigenvalue weighted by Gasteiger charge is -2.27. The number of rotatable bonds is 3. The van der Waals surface area contributed by atoms with Crippen molar-refractivity contribution < 1.29 is 9.84 Å². The number of aliphatic hydroxyl groups excluding tert-OH is 1. The van der Waals surface area contributed by atoms with Gasteiger partial charge in [0.05, 0.1) is 30.9 Å². The first-order valence-corrected chi connectivity index (χ1v) is 6.23. The molecule has 1 aliphatic rings. The lowest BCUT2D eigenvalue weighted by atomic mass is 10.3. The molecule has 0 aliphatic carbocycles. The van der Waals surface area contributed by atoms with Crippen LogP contribution in [-0.2, 0) is 18.0 Å². The van der Waals surface area contributed by atoms with E-state index in [9.17, 15) is 5.11 Å². The van der Waals surface area contributed by atoms with E-state index in [1.54, 1.807) is 0 Å². The van der Waals surface area contributed by atoms with Crippen LogP contribution in [0.3, 0.4) is 0 Å². The van der Waals surface area contributed by atoms with E-state index in [2.05, 4.69) is 14.5 Å². The first-order valence-electron chi connectivity index (χ1n) is 6.23. The molecule has 18 heavy (non-hydrogen) atoms. The fourth-order valence-electron chi connectivity index (χ4n) is 2.35. The second-order valence-electron chi connectivity index (χ2n) is 4.47. The Morgan fingerprint density at radius 2 is 2.00 bits per heavy atom. The van der Waals surface area contributed by atoms with Crippen LogP contribution in [0.2, 0.25) is 0 Å². The predicted octanol–water partition coefficient (Wildman–Crippen LogP) is 0.818. The van der Waals surface area contributed by atoms with E-state index in [-0.39, 0.29) is 6.61 Å². The maximum Gasteiger partial charge on any atom is 0.136 e. The molecule has 0 atom stereocenters. The Hall–Kier alpha value is -1.43. The molecule has 2 heterocycles. The number of benzene rings is 1. The largest absolute Gasteiger partial charge is 0.388 e. The highest BCUT2D eigenvalue weighted by molar-refractivity contribution is 5.75. The fraction of sp³-hybridized carbons (Fsp3) is 0.462. The molecule has 1 aromatic carbocycles. The SMILES string of the molecule is OCc1nc2ccccc2n1CN1CCOCC1. The summed E-state index contributed by atoms with van der Waals surface area (Å²) < 4.78 is 7.43. The number of hydrogen-bond acceptors (Lipinski definition) is 4. The van der Waals surface area contributed by atoms with Crippen molar-refractivity contribution in [3.05, 3.63) is 30.1 Å². The normalized spacial score (nSPS) is 17.4. The first-order chi connectivity index (χ1) is 8.88. The van der Waals surface area contributed by atoms with Crippen molar-refractivity contribution in [2.24, 2.45) is 0 Å². The van der Waals surface area contributed by atoms with Gasteiger partial charge in [0.2, 0.25) is 0 Å². The highest BCUT2D eigenvalue weighted by Crippen LogP contribution is 2.17. The van der Waals surface area contributed by atoms with Gasteiger partial charge in [-0.1, -0.05) is 12.1 Å². The summed E-state index contributed by atoms with van der Waals surface area (Å²) >= 11 is 0. The topological polar surface area (TPSA) is 50.5 Å². The number of morpholine rings is 1.